The van der Waals surface area contributed by atoms with Crippen molar-refractivity contribution in [2.24, 2.45) is 0 Å². The van der Waals surface area contributed by atoms with Crippen molar-refractivity contribution < 1.29 is 13.2 Å². The zero-order valence-corrected chi connectivity index (χ0v) is 16.3. The van der Waals surface area contributed by atoms with Crippen LogP contribution in [0.5, 0.6) is 0 Å². The van der Waals surface area contributed by atoms with Gasteiger partial charge >= 0.3 is 0 Å². The van der Waals surface area contributed by atoms with Gasteiger partial charge in [0.1, 0.15) is 5.69 Å². The normalized spacial score (nSPS) is 11.5. The largest absolute Gasteiger partial charge is 0.320 e. The molecule has 6 nitrogen and oxygen atoms in total. The van der Waals surface area contributed by atoms with Gasteiger partial charge in [0.2, 0.25) is 15.0 Å². The van der Waals surface area contributed by atoms with Crippen LogP contribution in [0.15, 0.2) is 58.3 Å². The summed E-state index contributed by atoms with van der Waals surface area (Å²) in [5.74, 6) is -0.581. The van der Waals surface area contributed by atoms with Gasteiger partial charge in [-0.15, -0.1) is 0 Å². The van der Waals surface area contributed by atoms with Crippen molar-refractivity contribution in [3.8, 4) is 0 Å². The molecule has 134 valence electrons. The number of benzene rings is 2. The maximum absolute atomic E-state index is 12.7. The van der Waals surface area contributed by atoms with Crippen LogP contribution in [0, 0.1) is 0 Å². The number of amides is 1. The van der Waals surface area contributed by atoms with Crippen LogP contribution >= 0.6 is 15.9 Å². The van der Waals surface area contributed by atoms with Crippen LogP contribution in [-0.4, -0.2) is 30.0 Å². The van der Waals surface area contributed by atoms with Gasteiger partial charge in [0, 0.05) is 17.3 Å². The first-order chi connectivity index (χ1) is 12.4. The van der Waals surface area contributed by atoms with E-state index in [1.807, 2.05) is 36.4 Å². The van der Waals surface area contributed by atoms with Crippen LogP contribution in [-0.2, 0) is 9.84 Å². The van der Waals surface area contributed by atoms with E-state index in [1.165, 1.54) is 6.20 Å². The van der Waals surface area contributed by atoms with Crippen molar-refractivity contribution in [3.05, 3.63) is 58.8 Å². The highest BCUT2D eigenvalue weighted by Crippen LogP contribution is 2.24. The van der Waals surface area contributed by atoms with Gasteiger partial charge in [-0.1, -0.05) is 43.3 Å². The van der Waals surface area contributed by atoms with Crippen LogP contribution in [0.1, 0.15) is 23.8 Å². The van der Waals surface area contributed by atoms with Crippen LogP contribution in [0.3, 0.4) is 0 Å². The fraction of sp³-hybridized carbons (Fsp3) is 0.167. The summed E-state index contributed by atoms with van der Waals surface area (Å²) in [5.41, 5.74) is 0.596. The van der Waals surface area contributed by atoms with Gasteiger partial charge in [-0.2, -0.15) is 0 Å². The quantitative estimate of drug-likeness (QED) is 0.617. The molecule has 3 aromatic rings. The molecule has 0 saturated heterocycles. The predicted molar refractivity (Wildman–Crippen MR) is 104 cm³/mol. The summed E-state index contributed by atoms with van der Waals surface area (Å²) in [7, 11) is -3.61. The Hall–Kier alpha value is -2.32. The number of nitrogens with zero attached hydrogens (tertiary/aromatic N) is 2. The Morgan fingerprint density at radius 3 is 2.65 bits per heavy atom. The maximum Gasteiger partial charge on any atom is 0.275 e. The number of halogens is 1. The van der Waals surface area contributed by atoms with Gasteiger partial charge in [-0.05, 0) is 33.8 Å². The molecule has 3 rings (SSSR count). The number of anilines is 1. The summed E-state index contributed by atoms with van der Waals surface area (Å²) >= 11 is 3.22. The van der Waals surface area contributed by atoms with Crippen molar-refractivity contribution in [2.75, 3.05) is 11.1 Å². The summed E-state index contributed by atoms with van der Waals surface area (Å²) in [6.45, 7) is 1.75. The molecular formula is C18H16BrN3O3S. The summed E-state index contributed by atoms with van der Waals surface area (Å²) in [6.07, 6.45) is 1.73. The highest BCUT2D eigenvalue weighted by molar-refractivity contribution is 9.10. The van der Waals surface area contributed by atoms with Gasteiger partial charge in [0.25, 0.3) is 5.91 Å². The van der Waals surface area contributed by atoms with Crippen molar-refractivity contribution in [2.45, 2.75) is 18.5 Å². The average molecular weight is 434 g/mol. The van der Waals surface area contributed by atoms with E-state index in [9.17, 15) is 13.2 Å². The minimum absolute atomic E-state index is 0.0254. The number of aromatic nitrogens is 2. The van der Waals surface area contributed by atoms with Gasteiger partial charge in [0.15, 0.2) is 0 Å². The Bertz CT molecular complexity index is 1080. The number of carbonyl (C=O) groups is 1. The fourth-order valence-corrected chi connectivity index (χ4v) is 4.07. The number of sulfone groups is 1. The second kappa shape index (κ2) is 7.51. The molecule has 0 aliphatic rings. The first kappa shape index (κ1) is 18.5. The Labute approximate surface area is 159 Å². The van der Waals surface area contributed by atoms with E-state index in [0.717, 1.165) is 10.8 Å². The standard InChI is InChI=1S/C18H16BrN3O3S/c1-2-10-26(24,25)18-20-11-14(19)16(22-18)17(23)21-15-9-5-7-12-6-3-4-8-13(12)15/h3-9,11H,2,10H2,1H3,(H,21,23). The smallest absolute Gasteiger partial charge is 0.275 e. The predicted octanol–water partition coefficient (Wildman–Crippen LogP) is 3.83. The molecule has 26 heavy (non-hydrogen) atoms. The summed E-state index contributed by atoms with van der Waals surface area (Å²) < 4.78 is 24.7. The van der Waals surface area contributed by atoms with Crippen molar-refractivity contribution in [1.29, 1.82) is 0 Å². The van der Waals surface area contributed by atoms with Gasteiger partial charge < -0.3 is 5.32 Å². The second-order valence-corrected chi connectivity index (χ2v) is 8.51. The molecule has 1 aromatic heterocycles. The summed E-state index contributed by atoms with van der Waals surface area (Å²) in [5, 5.41) is 4.32. The highest BCUT2D eigenvalue weighted by atomic mass is 79.9. The SMILES string of the molecule is CCCS(=O)(=O)c1ncc(Br)c(C(=O)Nc2cccc3ccccc23)n1. The molecule has 0 atom stereocenters. The molecule has 8 heteroatoms. The van der Waals surface area contributed by atoms with E-state index < -0.39 is 15.7 Å². The van der Waals surface area contributed by atoms with E-state index in [-0.39, 0.29) is 16.6 Å². The lowest BCUT2D eigenvalue weighted by molar-refractivity contribution is 0.102. The zero-order chi connectivity index (χ0) is 18.7. The van der Waals surface area contributed by atoms with Gasteiger partial charge in [-0.25, -0.2) is 18.4 Å². The van der Waals surface area contributed by atoms with Crippen molar-refractivity contribution >= 4 is 48.1 Å². The lowest BCUT2D eigenvalue weighted by atomic mass is 10.1. The Morgan fingerprint density at radius 2 is 1.88 bits per heavy atom. The second-order valence-electron chi connectivity index (χ2n) is 5.65. The van der Waals surface area contributed by atoms with E-state index in [2.05, 4.69) is 31.2 Å². The molecule has 0 aliphatic carbocycles. The third-order valence-electron chi connectivity index (χ3n) is 3.73. The molecule has 1 amide bonds. The Morgan fingerprint density at radius 1 is 1.15 bits per heavy atom. The molecule has 0 aliphatic heterocycles. The number of hydrogen-bond donors (Lipinski definition) is 1. The minimum Gasteiger partial charge on any atom is -0.320 e. The molecule has 2 aromatic carbocycles. The Kier molecular flexibility index (Phi) is 5.33. The first-order valence-corrected chi connectivity index (χ1v) is 10.4. The Balaban J connectivity index is 1.97. The molecule has 1 N–H and O–H groups in total. The van der Waals surface area contributed by atoms with E-state index in [1.54, 1.807) is 13.0 Å². The third-order valence-corrected chi connectivity index (χ3v) is 6.01. The molecule has 0 fully saturated rings. The van der Waals surface area contributed by atoms with Crippen LogP contribution in [0.2, 0.25) is 0 Å². The van der Waals surface area contributed by atoms with Crippen LogP contribution in [0.4, 0.5) is 5.69 Å². The number of hydrogen-bond acceptors (Lipinski definition) is 5. The van der Waals surface area contributed by atoms with Crippen molar-refractivity contribution in [3.63, 3.8) is 0 Å². The van der Waals surface area contributed by atoms with Crippen molar-refractivity contribution in [1.82, 2.24) is 9.97 Å². The number of nitrogens with one attached hydrogen (secondary N) is 1. The third kappa shape index (κ3) is 3.76. The fourth-order valence-electron chi connectivity index (χ4n) is 2.54. The lowest BCUT2D eigenvalue weighted by Gasteiger charge is -2.10. The zero-order valence-electron chi connectivity index (χ0n) is 13.9. The molecular weight excluding hydrogens is 418 g/mol. The maximum atomic E-state index is 12.7. The highest BCUT2D eigenvalue weighted by Gasteiger charge is 2.21. The molecule has 0 unspecified atom stereocenters. The van der Waals surface area contributed by atoms with Gasteiger partial charge in [-0.3, -0.25) is 4.79 Å². The monoisotopic (exact) mass is 433 g/mol. The number of fused-ring (bicyclic) bond motifs is 1. The van der Waals surface area contributed by atoms with Crippen LogP contribution < -0.4 is 5.32 Å². The topological polar surface area (TPSA) is 89.0 Å². The van der Waals surface area contributed by atoms with Crippen LogP contribution in [0.25, 0.3) is 10.8 Å². The van der Waals surface area contributed by atoms with Gasteiger partial charge in [0.05, 0.1) is 10.2 Å². The molecule has 0 spiro atoms. The average Bonchev–Trinajstić information content (AvgIpc) is 2.62. The summed E-state index contributed by atoms with van der Waals surface area (Å²) in [6, 6.07) is 13.2. The lowest BCUT2D eigenvalue weighted by Crippen LogP contribution is -2.18. The molecule has 0 radical (unpaired) electrons. The first-order valence-electron chi connectivity index (χ1n) is 7.97. The summed E-state index contributed by atoms with van der Waals surface area (Å²) in [4.78, 5) is 20.5. The van der Waals surface area contributed by atoms with E-state index in [0.29, 0.717) is 16.6 Å². The molecule has 0 bridgehead atoms. The number of carbonyl (C=O) groups excluding carboxylic acids is 1. The number of rotatable bonds is 5. The molecule has 1 heterocycles. The van der Waals surface area contributed by atoms with E-state index in [4.69, 9.17) is 0 Å². The molecule has 0 saturated carbocycles. The minimum atomic E-state index is -3.61. The van der Waals surface area contributed by atoms with E-state index >= 15 is 0 Å².